The fraction of sp³-hybridized carbons (Fsp3) is 0.615. The van der Waals surface area contributed by atoms with Crippen LogP contribution in [0.3, 0.4) is 0 Å². The first-order valence-electron chi connectivity index (χ1n) is 6.14. The summed E-state index contributed by atoms with van der Waals surface area (Å²) in [6.45, 7) is 9.42. The standard InChI is InChI=1S/C13H22N4O2/c1-12(2,3)15-16-13(4,5)14-11(18)17(6)10-8-7-9-19-10/h7-9H,1-6H3,(H,14,18). The molecule has 0 aliphatic heterocycles. The fourth-order valence-electron chi connectivity index (χ4n) is 1.21. The molecule has 0 saturated heterocycles. The number of urea groups is 1. The lowest BCUT2D eigenvalue weighted by atomic mass is 10.1. The largest absolute Gasteiger partial charge is 0.448 e. The summed E-state index contributed by atoms with van der Waals surface area (Å²) in [4.78, 5) is 13.4. The van der Waals surface area contributed by atoms with Crippen LogP contribution in [0.4, 0.5) is 10.7 Å². The molecule has 0 unspecified atom stereocenters. The highest BCUT2D eigenvalue weighted by Crippen LogP contribution is 2.16. The summed E-state index contributed by atoms with van der Waals surface area (Å²) in [5.74, 6) is 0.473. The first kappa shape index (κ1) is 15.2. The molecule has 0 saturated carbocycles. The van der Waals surface area contributed by atoms with Gasteiger partial charge in [-0.05, 0) is 40.7 Å². The van der Waals surface area contributed by atoms with Gasteiger partial charge in [-0.3, -0.25) is 4.90 Å². The highest BCUT2D eigenvalue weighted by atomic mass is 16.3. The highest BCUT2D eigenvalue weighted by Gasteiger charge is 2.24. The van der Waals surface area contributed by atoms with Gasteiger partial charge in [0.05, 0.1) is 11.8 Å². The van der Waals surface area contributed by atoms with Crippen LogP contribution in [0.5, 0.6) is 0 Å². The first-order valence-corrected chi connectivity index (χ1v) is 6.14. The van der Waals surface area contributed by atoms with E-state index in [1.54, 1.807) is 33.0 Å². The minimum atomic E-state index is -0.773. The molecule has 1 heterocycles. The molecule has 1 N–H and O–H groups in total. The van der Waals surface area contributed by atoms with E-state index in [0.717, 1.165) is 0 Å². The van der Waals surface area contributed by atoms with Crippen LogP contribution < -0.4 is 10.2 Å². The second-order valence-corrected chi connectivity index (χ2v) is 5.87. The second kappa shape index (κ2) is 5.42. The van der Waals surface area contributed by atoms with Crippen molar-refractivity contribution < 1.29 is 9.21 Å². The molecular weight excluding hydrogens is 244 g/mol. The first-order chi connectivity index (χ1) is 8.61. The number of anilines is 1. The molecule has 1 rings (SSSR count). The molecular formula is C13H22N4O2. The van der Waals surface area contributed by atoms with Crippen molar-refractivity contribution in [2.24, 2.45) is 10.2 Å². The van der Waals surface area contributed by atoms with Crippen LogP contribution in [0.15, 0.2) is 33.0 Å². The van der Waals surface area contributed by atoms with Crippen LogP contribution in [-0.4, -0.2) is 24.3 Å². The SMILES string of the molecule is CN(C(=O)NC(C)(C)N=NC(C)(C)C)c1ccco1. The van der Waals surface area contributed by atoms with E-state index < -0.39 is 5.66 Å². The van der Waals surface area contributed by atoms with Crippen molar-refractivity contribution >= 4 is 11.9 Å². The Morgan fingerprint density at radius 3 is 2.37 bits per heavy atom. The maximum absolute atomic E-state index is 12.0. The van der Waals surface area contributed by atoms with Gasteiger partial charge in [-0.15, -0.1) is 0 Å². The number of azo groups is 1. The maximum Gasteiger partial charge on any atom is 0.325 e. The van der Waals surface area contributed by atoms with Crippen LogP contribution in [0.25, 0.3) is 0 Å². The lowest BCUT2D eigenvalue weighted by molar-refractivity contribution is 0.234. The molecule has 0 bridgehead atoms. The number of hydrogen-bond donors (Lipinski definition) is 1. The van der Waals surface area contributed by atoms with Gasteiger partial charge in [0.2, 0.25) is 5.88 Å². The quantitative estimate of drug-likeness (QED) is 0.851. The van der Waals surface area contributed by atoms with Crippen molar-refractivity contribution in [3.63, 3.8) is 0 Å². The third-order valence-electron chi connectivity index (χ3n) is 2.15. The molecule has 0 atom stereocenters. The maximum atomic E-state index is 12.0. The third-order valence-corrected chi connectivity index (χ3v) is 2.15. The van der Waals surface area contributed by atoms with Gasteiger partial charge < -0.3 is 9.73 Å². The van der Waals surface area contributed by atoms with Gasteiger partial charge in [-0.1, -0.05) is 0 Å². The Kier molecular flexibility index (Phi) is 4.34. The molecule has 0 radical (unpaired) electrons. The Hall–Kier alpha value is -1.85. The molecule has 1 aromatic heterocycles. The molecule has 6 heteroatoms. The molecule has 0 aliphatic rings. The zero-order chi connectivity index (χ0) is 14.7. The highest BCUT2D eigenvalue weighted by molar-refractivity contribution is 5.90. The van der Waals surface area contributed by atoms with E-state index in [-0.39, 0.29) is 11.6 Å². The number of hydrogen-bond acceptors (Lipinski definition) is 4. The zero-order valence-corrected chi connectivity index (χ0v) is 12.4. The Bertz CT molecular complexity index is 444. The lowest BCUT2D eigenvalue weighted by Crippen LogP contribution is -2.48. The molecule has 0 spiro atoms. The Morgan fingerprint density at radius 2 is 1.89 bits per heavy atom. The average molecular weight is 266 g/mol. The number of rotatable bonds is 3. The average Bonchev–Trinajstić information content (AvgIpc) is 2.77. The predicted molar refractivity (Wildman–Crippen MR) is 74.3 cm³/mol. The van der Waals surface area contributed by atoms with Crippen LogP contribution >= 0.6 is 0 Å². The van der Waals surface area contributed by atoms with Crippen molar-refractivity contribution in [1.29, 1.82) is 0 Å². The monoisotopic (exact) mass is 266 g/mol. The van der Waals surface area contributed by atoms with Gasteiger partial charge in [-0.2, -0.15) is 10.2 Å². The smallest absolute Gasteiger partial charge is 0.325 e. The van der Waals surface area contributed by atoms with Crippen LogP contribution in [0.1, 0.15) is 34.6 Å². The molecule has 106 valence electrons. The number of furan rings is 1. The van der Waals surface area contributed by atoms with Gasteiger partial charge in [0.15, 0.2) is 0 Å². The van der Waals surface area contributed by atoms with E-state index in [2.05, 4.69) is 15.5 Å². The van der Waals surface area contributed by atoms with Gasteiger partial charge in [0, 0.05) is 13.1 Å². The van der Waals surface area contributed by atoms with Gasteiger partial charge in [0.25, 0.3) is 0 Å². The molecule has 0 aliphatic carbocycles. The Balaban J connectivity index is 2.68. The van der Waals surface area contributed by atoms with E-state index in [4.69, 9.17) is 4.42 Å². The molecule has 0 fully saturated rings. The van der Waals surface area contributed by atoms with Crippen LogP contribution in [0.2, 0.25) is 0 Å². The summed E-state index contributed by atoms with van der Waals surface area (Å²) in [6, 6.07) is 3.14. The summed E-state index contributed by atoms with van der Waals surface area (Å²) in [6.07, 6.45) is 1.52. The zero-order valence-electron chi connectivity index (χ0n) is 12.4. The third kappa shape index (κ3) is 5.11. The molecule has 0 aromatic carbocycles. The Morgan fingerprint density at radius 1 is 1.26 bits per heavy atom. The lowest BCUT2D eigenvalue weighted by Gasteiger charge is -2.25. The molecule has 19 heavy (non-hydrogen) atoms. The fourth-order valence-corrected chi connectivity index (χ4v) is 1.21. The number of carbonyl (C=O) groups excluding carboxylic acids is 1. The molecule has 1 aromatic rings. The topological polar surface area (TPSA) is 70.2 Å². The van der Waals surface area contributed by atoms with E-state index in [1.807, 2.05) is 20.8 Å². The number of amides is 2. The van der Waals surface area contributed by atoms with Crippen molar-refractivity contribution in [2.45, 2.75) is 45.8 Å². The van der Waals surface area contributed by atoms with E-state index >= 15 is 0 Å². The molecule has 2 amide bonds. The van der Waals surface area contributed by atoms with Crippen LogP contribution in [0, 0.1) is 0 Å². The van der Waals surface area contributed by atoms with E-state index in [0.29, 0.717) is 5.88 Å². The normalized spacial score (nSPS) is 12.7. The number of nitrogens with zero attached hydrogens (tertiary/aromatic N) is 3. The van der Waals surface area contributed by atoms with Gasteiger partial charge >= 0.3 is 6.03 Å². The van der Waals surface area contributed by atoms with Gasteiger partial charge in [0.1, 0.15) is 5.66 Å². The number of nitrogens with one attached hydrogen (secondary N) is 1. The summed E-state index contributed by atoms with van der Waals surface area (Å²) in [5, 5.41) is 11.1. The van der Waals surface area contributed by atoms with Crippen molar-refractivity contribution in [3.05, 3.63) is 18.4 Å². The summed E-state index contributed by atoms with van der Waals surface area (Å²) >= 11 is 0. The summed E-state index contributed by atoms with van der Waals surface area (Å²) in [5.41, 5.74) is -1.04. The van der Waals surface area contributed by atoms with Crippen molar-refractivity contribution in [1.82, 2.24) is 5.32 Å². The van der Waals surface area contributed by atoms with Crippen molar-refractivity contribution in [2.75, 3.05) is 11.9 Å². The summed E-state index contributed by atoms with van der Waals surface area (Å²) < 4.78 is 5.16. The number of carbonyl (C=O) groups is 1. The minimum Gasteiger partial charge on any atom is -0.448 e. The second-order valence-electron chi connectivity index (χ2n) is 5.87. The van der Waals surface area contributed by atoms with E-state index in [9.17, 15) is 4.79 Å². The van der Waals surface area contributed by atoms with Crippen molar-refractivity contribution in [3.8, 4) is 0 Å². The van der Waals surface area contributed by atoms with Crippen LogP contribution in [-0.2, 0) is 0 Å². The Labute approximate surface area is 113 Å². The summed E-state index contributed by atoms with van der Waals surface area (Å²) in [7, 11) is 1.63. The molecule has 6 nitrogen and oxygen atoms in total. The van der Waals surface area contributed by atoms with E-state index in [1.165, 1.54) is 11.2 Å². The minimum absolute atomic E-state index is 0.269. The predicted octanol–water partition coefficient (Wildman–Crippen LogP) is 3.41. The van der Waals surface area contributed by atoms with Gasteiger partial charge in [-0.25, -0.2) is 4.79 Å².